The van der Waals surface area contributed by atoms with Gasteiger partial charge in [-0.25, -0.2) is 4.68 Å². The Kier molecular flexibility index (Phi) is 6.11. The number of aromatic nitrogens is 4. The molecule has 1 amide bonds. The van der Waals surface area contributed by atoms with Gasteiger partial charge in [-0.05, 0) is 34.5 Å². The summed E-state index contributed by atoms with van der Waals surface area (Å²) < 4.78 is 6.43. The average molecular weight is 344 g/mol. The van der Waals surface area contributed by atoms with Crippen molar-refractivity contribution < 1.29 is 9.53 Å². The number of rotatable bonds is 7. The van der Waals surface area contributed by atoms with Gasteiger partial charge < -0.3 is 10.1 Å². The molecule has 118 valence electrons. The lowest BCUT2D eigenvalue weighted by Gasteiger charge is -2.19. The molecule has 1 aromatic carbocycles. The Hall–Kier alpha value is -1.70. The van der Waals surface area contributed by atoms with Gasteiger partial charge in [0.2, 0.25) is 5.91 Å². The van der Waals surface area contributed by atoms with Gasteiger partial charge >= 0.3 is 0 Å². The van der Waals surface area contributed by atoms with Crippen molar-refractivity contribution in [2.24, 2.45) is 0 Å². The van der Waals surface area contributed by atoms with E-state index in [0.29, 0.717) is 23.1 Å². The molecule has 7 nitrogen and oxygen atoms in total. The number of tetrazole rings is 1. The van der Waals surface area contributed by atoms with Crippen molar-refractivity contribution in [3.05, 3.63) is 40.1 Å². The van der Waals surface area contributed by atoms with E-state index < -0.39 is 0 Å². The minimum atomic E-state index is -0.237. The molecule has 1 aromatic heterocycles. The highest BCUT2D eigenvalue weighted by molar-refractivity contribution is 6.42. The fourth-order valence-corrected chi connectivity index (χ4v) is 2.23. The van der Waals surface area contributed by atoms with Gasteiger partial charge in [-0.15, -0.1) is 5.10 Å². The van der Waals surface area contributed by atoms with Crippen LogP contribution in [0, 0.1) is 0 Å². The van der Waals surface area contributed by atoms with Crippen LogP contribution in [0.15, 0.2) is 24.5 Å². The second-order valence-corrected chi connectivity index (χ2v) is 5.40. The van der Waals surface area contributed by atoms with Crippen molar-refractivity contribution in [2.45, 2.75) is 19.0 Å². The molecule has 1 N–H and O–H groups in total. The highest BCUT2D eigenvalue weighted by Crippen LogP contribution is 2.27. The zero-order chi connectivity index (χ0) is 15.9. The van der Waals surface area contributed by atoms with Gasteiger partial charge in [0.1, 0.15) is 12.9 Å². The van der Waals surface area contributed by atoms with Gasteiger partial charge in [-0.3, -0.25) is 4.79 Å². The van der Waals surface area contributed by atoms with Crippen molar-refractivity contribution in [1.29, 1.82) is 0 Å². The molecule has 0 saturated carbocycles. The summed E-state index contributed by atoms with van der Waals surface area (Å²) in [6.07, 6.45) is 1.98. The standard InChI is InChI=1S/C13H15Cl2N5O2/c1-22-5-4-12(9-2-3-10(14)11(15)6-9)17-13(21)7-20-8-16-18-19-20/h2-3,6,8,12H,4-5,7H2,1H3,(H,17,21)/t12-/m0/s1. The molecule has 1 atom stereocenters. The molecule has 1 heterocycles. The van der Waals surface area contributed by atoms with E-state index in [1.165, 1.54) is 11.0 Å². The molecule has 0 fully saturated rings. The summed E-state index contributed by atoms with van der Waals surface area (Å²) in [5.41, 5.74) is 0.858. The average Bonchev–Trinajstić information content (AvgIpc) is 2.99. The molecule has 9 heteroatoms. The molecule has 0 spiro atoms. The summed E-state index contributed by atoms with van der Waals surface area (Å²) in [6, 6.07) is 5.03. The predicted octanol–water partition coefficient (Wildman–Crippen LogP) is 1.87. The Balaban J connectivity index is 2.07. The number of hydrogen-bond donors (Lipinski definition) is 1. The summed E-state index contributed by atoms with van der Waals surface area (Å²) in [5.74, 6) is -0.209. The van der Waals surface area contributed by atoms with Gasteiger partial charge in [0.25, 0.3) is 0 Å². The van der Waals surface area contributed by atoms with Crippen LogP contribution in [0.5, 0.6) is 0 Å². The van der Waals surface area contributed by atoms with Crippen molar-refractivity contribution in [3.63, 3.8) is 0 Å². The molecule has 2 aromatic rings. The number of nitrogens with zero attached hydrogens (tertiary/aromatic N) is 4. The van der Waals surface area contributed by atoms with E-state index in [4.69, 9.17) is 27.9 Å². The lowest BCUT2D eigenvalue weighted by atomic mass is 10.0. The fraction of sp³-hybridized carbons (Fsp3) is 0.385. The fourth-order valence-electron chi connectivity index (χ4n) is 1.93. The van der Waals surface area contributed by atoms with E-state index in [1.54, 1.807) is 19.2 Å². The molecular weight excluding hydrogens is 329 g/mol. The highest BCUT2D eigenvalue weighted by atomic mass is 35.5. The maximum atomic E-state index is 12.1. The van der Waals surface area contributed by atoms with Crippen molar-refractivity contribution in [3.8, 4) is 0 Å². The molecule has 22 heavy (non-hydrogen) atoms. The van der Waals surface area contributed by atoms with Gasteiger partial charge in [-0.1, -0.05) is 29.3 Å². The van der Waals surface area contributed by atoms with E-state index in [-0.39, 0.29) is 18.5 Å². The Labute approximate surface area is 137 Å². The van der Waals surface area contributed by atoms with Crippen LogP contribution in [0.3, 0.4) is 0 Å². The maximum absolute atomic E-state index is 12.1. The zero-order valence-electron chi connectivity index (χ0n) is 11.9. The molecule has 0 saturated heterocycles. The first kappa shape index (κ1) is 16.7. The van der Waals surface area contributed by atoms with Crippen LogP contribution in [0.25, 0.3) is 0 Å². The summed E-state index contributed by atoms with van der Waals surface area (Å²) in [6.45, 7) is 0.536. The predicted molar refractivity (Wildman–Crippen MR) is 81.7 cm³/mol. The van der Waals surface area contributed by atoms with Gasteiger partial charge in [-0.2, -0.15) is 0 Å². The molecule has 0 aliphatic carbocycles. The number of nitrogens with one attached hydrogen (secondary N) is 1. The minimum absolute atomic E-state index is 0.0395. The smallest absolute Gasteiger partial charge is 0.242 e. The summed E-state index contributed by atoms with van der Waals surface area (Å²) >= 11 is 12.0. The molecule has 0 radical (unpaired) electrons. The zero-order valence-corrected chi connectivity index (χ0v) is 13.4. The number of hydrogen-bond acceptors (Lipinski definition) is 5. The first-order valence-corrected chi connectivity index (χ1v) is 7.29. The lowest BCUT2D eigenvalue weighted by molar-refractivity contribution is -0.122. The first-order chi connectivity index (χ1) is 10.6. The van der Waals surface area contributed by atoms with E-state index in [2.05, 4.69) is 20.8 Å². The summed E-state index contributed by atoms with van der Waals surface area (Å²) in [4.78, 5) is 12.1. The second kappa shape index (κ2) is 8.07. The monoisotopic (exact) mass is 343 g/mol. The Morgan fingerprint density at radius 3 is 2.86 bits per heavy atom. The van der Waals surface area contributed by atoms with Crippen molar-refractivity contribution in [1.82, 2.24) is 25.5 Å². The van der Waals surface area contributed by atoms with Crippen LogP contribution in [0.4, 0.5) is 0 Å². The first-order valence-electron chi connectivity index (χ1n) is 6.54. The third-order valence-corrected chi connectivity index (χ3v) is 3.73. The number of halogens is 2. The maximum Gasteiger partial charge on any atom is 0.242 e. The van der Waals surface area contributed by atoms with E-state index >= 15 is 0 Å². The minimum Gasteiger partial charge on any atom is -0.385 e. The number of amides is 1. The van der Waals surface area contributed by atoms with Crippen LogP contribution < -0.4 is 5.32 Å². The molecule has 0 bridgehead atoms. The van der Waals surface area contributed by atoms with Gasteiger partial charge in [0.05, 0.1) is 16.1 Å². The SMILES string of the molecule is COCC[C@H](NC(=O)Cn1cnnn1)c1ccc(Cl)c(Cl)c1. The summed E-state index contributed by atoms with van der Waals surface area (Å²) in [7, 11) is 1.61. The molecule has 2 rings (SSSR count). The number of benzene rings is 1. The van der Waals surface area contributed by atoms with Crippen LogP contribution in [0.1, 0.15) is 18.0 Å². The largest absolute Gasteiger partial charge is 0.385 e. The van der Waals surface area contributed by atoms with Gasteiger partial charge in [0.15, 0.2) is 0 Å². The number of carbonyl (C=O) groups is 1. The quantitative estimate of drug-likeness (QED) is 0.829. The van der Waals surface area contributed by atoms with Crippen LogP contribution in [-0.2, 0) is 16.1 Å². The van der Waals surface area contributed by atoms with E-state index in [1.807, 2.05) is 6.07 Å². The molecule has 0 aliphatic rings. The van der Waals surface area contributed by atoms with Crippen LogP contribution in [0.2, 0.25) is 10.0 Å². The van der Waals surface area contributed by atoms with Crippen LogP contribution in [-0.4, -0.2) is 39.8 Å². The topological polar surface area (TPSA) is 81.9 Å². The van der Waals surface area contributed by atoms with Crippen molar-refractivity contribution >= 4 is 29.1 Å². The molecular formula is C13H15Cl2N5O2. The third-order valence-electron chi connectivity index (χ3n) is 2.99. The van der Waals surface area contributed by atoms with Gasteiger partial charge in [0, 0.05) is 13.7 Å². The van der Waals surface area contributed by atoms with E-state index in [9.17, 15) is 4.79 Å². The Morgan fingerprint density at radius 1 is 1.41 bits per heavy atom. The van der Waals surface area contributed by atoms with Crippen LogP contribution >= 0.6 is 23.2 Å². The molecule has 0 aliphatic heterocycles. The highest BCUT2D eigenvalue weighted by Gasteiger charge is 2.16. The Morgan fingerprint density at radius 2 is 2.23 bits per heavy atom. The summed E-state index contributed by atoms with van der Waals surface area (Å²) in [5, 5.41) is 14.4. The van der Waals surface area contributed by atoms with E-state index in [0.717, 1.165) is 5.56 Å². The normalized spacial score (nSPS) is 12.1. The molecule has 0 unspecified atom stereocenters. The second-order valence-electron chi connectivity index (χ2n) is 4.58. The van der Waals surface area contributed by atoms with Crippen molar-refractivity contribution in [2.75, 3.05) is 13.7 Å². The lowest BCUT2D eigenvalue weighted by Crippen LogP contribution is -2.32. The third kappa shape index (κ3) is 4.66. The number of carbonyl (C=O) groups excluding carboxylic acids is 1. The number of ether oxygens (including phenoxy) is 1. The number of methoxy groups -OCH3 is 1. The Bertz CT molecular complexity index is 621.